The minimum Gasteiger partial charge on any atom is -0.768 e. The number of nitrogens with two attached hydrogens (primary N) is 1. The molecule has 0 fully saturated rings. The van der Waals surface area contributed by atoms with Gasteiger partial charge in [-0.25, -0.2) is 0 Å². The second-order valence-corrected chi connectivity index (χ2v) is 2.74. The molecule has 0 heterocycles. The van der Waals surface area contributed by atoms with Gasteiger partial charge in [-0.05, 0) is 35.3 Å². The van der Waals surface area contributed by atoms with Gasteiger partial charge in [0.2, 0.25) is 0 Å². The molecule has 0 aliphatic rings. The molecule has 1 atom stereocenters. The molecule has 2 N–H and O–H groups in total. The van der Waals surface area contributed by atoms with Crippen LogP contribution < -0.4 is 5.73 Å². The van der Waals surface area contributed by atoms with Crippen LogP contribution in [0.2, 0.25) is 0 Å². The third-order valence-electron chi connectivity index (χ3n) is 1.07. The summed E-state index contributed by atoms with van der Waals surface area (Å²) in [6.45, 7) is 0. The van der Waals surface area contributed by atoms with Crippen LogP contribution >= 0.6 is 0 Å². The SMILES string of the molecule is Nc1ccc(S(=O)[O-])cc1.[Y]. The van der Waals surface area contributed by atoms with Crippen LogP contribution in [0.3, 0.4) is 0 Å². The summed E-state index contributed by atoms with van der Waals surface area (Å²) in [5.74, 6) is 0. The Morgan fingerprint density at radius 1 is 1.27 bits per heavy atom. The largest absolute Gasteiger partial charge is 0.768 e. The third-order valence-corrected chi connectivity index (χ3v) is 1.73. The smallest absolute Gasteiger partial charge is 0.0314 e. The fourth-order valence-electron chi connectivity index (χ4n) is 0.579. The van der Waals surface area contributed by atoms with E-state index >= 15 is 0 Å². The molecule has 0 aliphatic heterocycles. The van der Waals surface area contributed by atoms with E-state index in [0.717, 1.165) is 0 Å². The van der Waals surface area contributed by atoms with Crippen LogP contribution in [0.5, 0.6) is 0 Å². The molecule has 57 valence electrons. The van der Waals surface area contributed by atoms with Gasteiger partial charge in [-0.2, -0.15) is 0 Å². The van der Waals surface area contributed by atoms with Gasteiger partial charge in [0.1, 0.15) is 0 Å². The van der Waals surface area contributed by atoms with Crippen LogP contribution in [0, 0.1) is 0 Å². The van der Waals surface area contributed by atoms with Gasteiger partial charge in [0.15, 0.2) is 0 Å². The van der Waals surface area contributed by atoms with E-state index in [-0.39, 0.29) is 37.6 Å². The van der Waals surface area contributed by atoms with Crippen LogP contribution in [-0.2, 0) is 43.8 Å². The van der Waals surface area contributed by atoms with Crippen LogP contribution in [0.1, 0.15) is 0 Å². The first kappa shape index (κ1) is 11.2. The number of hydrogen-bond acceptors (Lipinski definition) is 3. The molecule has 0 saturated carbocycles. The fourth-order valence-corrected chi connectivity index (χ4v) is 0.937. The van der Waals surface area contributed by atoms with Gasteiger partial charge in [-0.1, -0.05) is 0 Å². The molecule has 3 nitrogen and oxygen atoms in total. The number of benzene rings is 1. The number of hydrogen-bond donors (Lipinski definition) is 1. The quantitative estimate of drug-likeness (QED) is 0.578. The van der Waals surface area contributed by atoms with E-state index in [2.05, 4.69) is 0 Å². The molecule has 11 heavy (non-hydrogen) atoms. The van der Waals surface area contributed by atoms with Crippen molar-refractivity contribution in [3.63, 3.8) is 0 Å². The zero-order chi connectivity index (χ0) is 7.56. The van der Waals surface area contributed by atoms with Crippen molar-refractivity contribution in [2.24, 2.45) is 0 Å². The maximum Gasteiger partial charge on any atom is 0.0314 e. The summed E-state index contributed by atoms with van der Waals surface area (Å²) in [6.07, 6.45) is 0. The summed E-state index contributed by atoms with van der Waals surface area (Å²) < 4.78 is 20.5. The van der Waals surface area contributed by atoms with Gasteiger partial charge in [0.25, 0.3) is 0 Å². The Hall–Kier alpha value is 0.234. The molecule has 0 saturated heterocycles. The van der Waals surface area contributed by atoms with Crippen molar-refractivity contribution >= 4 is 16.8 Å². The second-order valence-electron chi connectivity index (χ2n) is 1.80. The Morgan fingerprint density at radius 3 is 2.09 bits per heavy atom. The zero-order valence-corrected chi connectivity index (χ0v) is 9.34. The summed E-state index contributed by atoms with van der Waals surface area (Å²) in [5.41, 5.74) is 5.89. The molecule has 1 aromatic rings. The summed E-state index contributed by atoms with van der Waals surface area (Å²) in [4.78, 5) is 0.259. The van der Waals surface area contributed by atoms with E-state index < -0.39 is 11.1 Å². The van der Waals surface area contributed by atoms with Gasteiger partial charge in [-0.15, -0.1) is 0 Å². The Morgan fingerprint density at radius 2 is 1.73 bits per heavy atom. The summed E-state index contributed by atoms with van der Waals surface area (Å²) in [7, 11) is 0. The van der Waals surface area contributed by atoms with Crippen molar-refractivity contribution < 1.29 is 41.5 Å². The van der Waals surface area contributed by atoms with Gasteiger partial charge < -0.3 is 10.3 Å². The summed E-state index contributed by atoms with van der Waals surface area (Å²) in [5, 5.41) is 0. The predicted molar refractivity (Wildman–Crippen MR) is 38.0 cm³/mol. The number of anilines is 1. The Kier molecular flexibility index (Phi) is 5.09. The Balaban J connectivity index is 0.000001000. The van der Waals surface area contributed by atoms with Crippen LogP contribution in [0.15, 0.2) is 29.2 Å². The van der Waals surface area contributed by atoms with E-state index in [1.54, 1.807) is 12.1 Å². The maximum atomic E-state index is 10.3. The number of nitrogen functional groups attached to an aromatic ring is 1. The molecule has 1 rings (SSSR count). The minimum atomic E-state index is -2.14. The average molecular weight is 245 g/mol. The first-order valence-electron chi connectivity index (χ1n) is 2.65. The van der Waals surface area contributed by atoms with Crippen LogP contribution in [-0.4, -0.2) is 8.76 Å². The fraction of sp³-hybridized carbons (Fsp3) is 0. The van der Waals surface area contributed by atoms with Crippen molar-refractivity contribution in [3.05, 3.63) is 24.3 Å². The van der Waals surface area contributed by atoms with Crippen molar-refractivity contribution in [1.29, 1.82) is 0 Å². The molecule has 1 radical (unpaired) electrons. The molecule has 5 heteroatoms. The molecule has 1 unspecified atom stereocenters. The van der Waals surface area contributed by atoms with Gasteiger partial charge in [0, 0.05) is 43.3 Å². The van der Waals surface area contributed by atoms with Crippen molar-refractivity contribution in [3.8, 4) is 0 Å². The monoisotopic (exact) mass is 245 g/mol. The molecule has 0 aromatic heterocycles. The van der Waals surface area contributed by atoms with E-state index in [4.69, 9.17) is 5.73 Å². The van der Waals surface area contributed by atoms with Gasteiger partial charge in [0.05, 0.1) is 0 Å². The Labute approximate surface area is 92.5 Å². The van der Waals surface area contributed by atoms with Crippen molar-refractivity contribution in [1.82, 2.24) is 0 Å². The molecule has 0 amide bonds. The summed E-state index contributed by atoms with van der Waals surface area (Å²) >= 11 is -2.14. The van der Waals surface area contributed by atoms with Gasteiger partial charge in [-0.3, -0.25) is 4.21 Å². The maximum absolute atomic E-state index is 10.3. The minimum absolute atomic E-state index is 0. The number of rotatable bonds is 1. The third kappa shape index (κ3) is 3.42. The Bertz CT molecular complexity index is 249. The van der Waals surface area contributed by atoms with Crippen LogP contribution in [0.25, 0.3) is 0 Å². The average Bonchev–Trinajstić information content (AvgIpc) is 1.88. The molecular formula is C6H6NO2SY-. The normalized spacial score (nSPS) is 11.7. The topological polar surface area (TPSA) is 66.2 Å². The first-order valence-corrected chi connectivity index (χ1v) is 3.72. The second kappa shape index (κ2) is 4.98. The van der Waals surface area contributed by atoms with Crippen molar-refractivity contribution in [2.45, 2.75) is 4.90 Å². The van der Waals surface area contributed by atoms with E-state index in [0.29, 0.717) is 5.69 Å². The molecule has 0 aliphatic carbocycles. The standard InChI is InChI=1S/C6H7NO2S.Y/c7-5-1-3-6(4-2-5)10(8)9;/h1-4H,7H2,(H,8,9);/p-1. The molecule has 0 spiro atoms. The van der Waals surface area contributed by atoms with E-state index in [1.165, 1.54) is 12.1 Å². The van der Waals surface area contributed by atoms with Crippen LogP contribution in [0.4, 0.5) is 5.69 Å². The predicted octanol–water partition coefficient (Wildman–Crippen LogP) is 0.504. The van der Waals surface area contributed by atoms with Gasteiger partial charge >= 0.3 is 0 Å². The molecular weight excluding hydrogens is 239 g/mol. The molecule has 0 bridgehead atoms. The molecule has 1 aromatic carbocycles. The summed E-state index contributed by atoms with van der Waals surface area (Å²) in [6, 6.07) is 6.01. The van der Waals surface area contributed by atoms with E-state index in [9.17, 15) is 8.76 Å². The van der Waals surface area contributed by atoms with E-state index in [1.807, 2.05) is 0 Å². The zero-order valence-electron chi connectivity index (χ0n) is 5.69. The van der Waals surface area contributed by atoms with Crippen molar-refractivity contribution in [2.75, 3.05) is 5.73 Å². The first-order chi connectivity index (χ1) is 4.70.